The van der Waals surface area contributed by atoms with Crippen molar-refractivity contribution in [3.05, 3.63) is 0 Å². The highest BCUT2D eigenvalue weighted by Gasteiger charge is 2.19. The lowest BCUT2D eigenvalue weighted by molar-refractivity contribution is 0.0698. The summed E-state index contributed by atoms with van der Waals surface area (Å²) in [6, 6.07) is 0. The van der Waals surface area contributed by atoms with Crippen molar-refractivity contribution < 1.29 is 4.84 Å². The molecule has 1 unspecified atom stereocenters. The van der Waals surface area contributed by atoms with Crippen LogP contribution in [0.4, 0.5) is 0 Å². The first-order chi connectivity index (χ1) is 4.68. The first-order valence-corrected chi connectivity index (χ1v) is 3.66. The molecule has 0 bridgehead atoms. The molecule has 1 rings (SSSR count). The average molecular weight is 142 g/mol. The maximum atomic E-state index is 5.43. The van der Waals surface area contributed by atoms with Gasteiger partial charge in [-0.25, -0.2) is 0 Å². The van der Waals surface area contributed by atoms with Crippen molar-refractivity contribution in [3.8, 4) is 0 Å². The van der Waals surface area contributed by atoms with E-state index in [0.717, 1.165) is 12.8 Å². The first-order valence-electron chi connectivity index (χ1n) is 3.66. The van der Waals surface area contributed by atoms with Crippen LogP contribution in [-0.4, -0.2) is 11.9 Å². The van der Waals surface area contributed by atoms with Gasteiger partial charge in [0.1, 0.15) is 11.9 Å². The third-order valence-corrected chi connectivity index (χ3v) is 1.49. The van der Waals surface area contributed by atoms with Gasteiger partial charge < -0.3 is 10.6 Å². The van der Waals surface area contributed by atoms with Crippen LogP contribution in [0, 0.1) is 5.92 Å². The SMILES string of the molecule is CC(C)CC1CC(N)=NO1. The molecule has 0 saturated carbocycles. The third-order valence-electron chi connectivity index (χ3n) is 1.49. The Morgan fingerprint density at radius 2 is 2.50 bits per heavy atom. The standard InChI is InChI=1S/C7H14N2O/c1-5(2)3-6-4-7(8)9-10-6/h5-6H,3-4H2,1-2H3,(H2,8,9). The number of hydrogen-bond donors (Lipinski definition) is 1. The van der Waals surface area contributed by atoms with E-state index in [4.69, 9.17) is 10.6 Å². The van der Waals surface area contributed by atoms with E-state index in [0.29, 0.717) is 11.8 Å². The van der Waals surface area contributed by atoms with Crippen LogP contribution >= 0.6 is 0 Å². The molecule has 0 aromatic rings. The lowest BCUT2D eigenvalue weighted by Gasteiger charge is -2.09. The molecule has 1 atom stereocenters. The monoisotopic (exact) mass is 142 g/mol. The lowest BCUT2D eigenvalue weighted by Crippen LogP contribution is -2.15. The fraction of sp³-hybridized carbons (Fsp3) is 0.857. The van der Waals surface area contributed by atoms with E-state index in [9.17, 15) is 0 Å². The van der Waals surface area contributed by atoms with E-state index in [1.165, 1.54) is 0 Å². The highest BCUT2D eigenvalue weighted by atomic mass is 16.6. The van der Waals surface area contributed by atoms with Crippen molar-refractivity contribution in [2.75, 3.05) is 0 Å². The summed E-state index contributed by atoms with van der Waals surface area (Å²) >= 11 is 0. The van der Waals surface area contributed by atoms with Gasteiger partial charge in [-0.15, -0.1) is 0 Å². The Labute approximate surface area is 61.2 Å². The smallest absolute Gasteiger partial charge is 0.143 e. The second-order valence-electron chi connectivity index (χ2n) is 3.14. The number of hydrogen-bond acceptors (Lipinski definition) is 3. The molecule has 1 aliphatic rings. The maximum absolute atomic E-state index is 5.43. The zero-order valence-electron chi connectivity index (χ0n) is 6.50. The minimum absolute atomic E-state index is 0.236. The topological polar surface area (TPSA) is 47.6 Å². The summed E-state index contributed by atoms with van der Waals surface area (Å²) < 4.78 is 0. The summed E-state index contributed by atoms with van der Waals surface area (Å²) in [6.07, 6.45) is 2.09. The van der Waals surface area contributed by atoms with Gasteiger partial charge in [0.2, 0.25) is 0 Å². The van der Waals surface area contributed by atoms with E-state index < -0.39 is 0 Å². The van der Waals surface area contributed by atoms with Crippen LogP contribution in [-0.2, 0) is 4.84 Å². The van der Waals surface area contributed by atoms with E-state index >= 15 is 0 Å². The fourth-order valence-electron chi connectivity index (χ4n) is 1.10. The van der Waals surface area contributed by atoms with Crippen LogP contribution in [0.25, 0.3) is 0 Å². The molecule has 0 fully saturated rings. The summed E-state index contributed by atoms with van der Waals surface area (Å²) in [5.41, 5.74) is 5.43. The Bertz CT molecular complexity index is 143. The van der Waals surface area contributed by atoms with Crippen LogP contribution in [0.1, 0.15) is 26.7 Å². The predicted octanol–water partition coefficient (Wildman–Crippen LogP) is 1.09. The third kappa shape index (κ3) is 1.90. The van der Waals surface area contributed by atoms with Gasteiger partial charge in [0.25, 0.3) is 0 Å². The minimum Gasteiger partial charge on any atom is -0.391 e. The number of nitrogens with zero attached hydrogens (tertiary/aromatic N) is 1. The van der Waals surface area contributed by atoms with Gasteiger partial charge in [-0.1, -0.05) is 19.0 Å². The van der Waals surface area contributed by atoms with Gasteiger partial charge in [-0.05, 0) is 12.3 Å². The quantitative estimate of drug-likeness (QED) is 0.627. The molecule has 0 aromatic carbocycles. The van der Waals surface area contributed by atoms with Gasteiger partial charge in [-0.3, -0.25) is 0 Å². The lowest BCUT2D eigenvalue weighted by atomic mass is 10.0. The minimum atomic E-state index is 0.236. The van der Waals surface area contributed by atoms with Crippen molar-refractivity contribution in [1.82, 2.24) is 0 Å². The van der Waals surface area contributed by atoms with Gasteiger partial charge in [0, 0.05) is 6.42 Å². The summed E-state index contributed by atoms with van der Waals surface area (Å²) in [4.78, 5) is 5.04. The normalized spacial score (nSPS) is 24.7. The zero-order valence-corrected chi connectivity index (χ0v) is 6.50. The number of amidine groups is 1. The van der Waals surface area contributed by atoms with Crippen molar-refractivity contribution in [1.29, 1.82) is 0 Å². The Hall–Kier alpha value is -0.730. The maximum Gasteiger partial charge on any atom is 0.143 e. The van der Waals surface area contributed by atoms with E-state index in [1.807, 2.05) is 0 Å². The zero-order chi connectivity index (χ0) is 7.56. The largest absolute Gasteiger partial charge is 0.391 e. The van der Waals surface area contributed by atoms with E-state index in [1.54, 1.807) is 0 Å². The summed E-state index contributed by atoms with van der Waals surface area (Å²) in [5.74, 6) is 1.29. The average Bonchev–Trinajstić information content (AvgIpc) is 2.13. The molecule has 0 radical (unpaired) electrons. The second-order valence-corrected chi connectivity index (χ2v) is 3.14. The molecule has 10 heavy (non-hydrogen) atoms. The van der Waals surface area contributed by atoms with Crippen LogP contribution in [0.5, 0.6) is 0 Å². The van der Waals surface area contributed by atoms with Crippen LogP contribution in [0.3, 0.4) is 0 Å². The molecule has 0 spiro atoms. The van der Waals surface area contributed by atoms with Crippen molar-refractivity contribution in [3.63, 3.8) is 0 Å². The molecule has 0 aromatic heterocycles. The van der Waals surface area contributed by atoms with Gasteiger partial charge >= 0.3 is 0 Å². The highest BCUT2D eigenvalue weighted by Crippen LogP contribution is 2.15. The molecule has 1 heterocycles. The molecular formula is C7H14N2O. The summed E-state index contributed by atoms with van der Waals surface area (Å²) in [6.45, 7) is 4.33. The van der Waals surface area contributed by atoms with Gasteiger partial charge in [0.05, 0.1) is 0 Å². The molecule has 0 amide bonds. The van der Waals surface area contributed by atoms with Gasteiger partial charge in [0.15, 0.2) is 0 Å². The van der Waals surface area contributed by atoms with Crippen molar-refractivity contribution >= 4 is 5.84 Å². The Morgan fingerprint density at radius 3 is 2.90 bits per heavy atom. The highest BCUT2D eigenvalue weighted by molar-refractivity contribution is 5.81. The summed E-state index contributed by atoms with van der Waals surface area (Å²) in [5, 5.41) is 3.67. The van der Waals surface area contributed by atoms with Crippen LogP contribution < -0.4 is 5.73 Å². The van der Waals surface area contributed by atoms with E-state index in [2.05, 4.69) is 19.0 Å². The Kier molecular flexibility index (Phi) is 2.14. The van der Waals surface area contributed by atoms with Crippen LogP contribution in [0.2, 0.25) is 0 Å². The summed E-state index contributed by atoms with van der Waals surface area (Å²) in [7, 11) is 0. The Morgan fingerprint density at radius 1 is 1.80 bits per heavy atom. The van der Waals surface area contributed by atoms with Crippen molar-refractivity contribution in [2.45, 2.75) is 32.8 Å². The van der Waals surface area contributed by atoms with Crippen LogP contribution in [0.15, 0.2) is 5.16 Å². The molecular weight excluding hydrogens is 128 g/mol. The van der Waals surface area contributed by atoms with Crippen molar-refractivity contribution in [2.24, 2.45) is 16.8 Å². The molecule has 2 N–H and O–H groups in total. The van der Waals surface area contributed by atoms with Gasteiger partial charge in [-0.2, -0.15) is 0 Å². The first kappa shape index (κ1) is 7.38. The van der Waals surface area contributed by atoms with E-state index in [-0.39, 0.29) is 6.10 Å². The molecule has 3 nitrogen and oxygen atoms in total. The Balaban J connectivity index is 2.23. The second kappa shape index (κ2) is 2.90. The predicted molar refractivity (Wildman–Crippen MR) is 40.6 cm³/mol. The molecule has 3 heteroatoms. The number of rotatable bonds is 2. The molecule has 1 aliphatic heterocycles. The number of oxime groups is 1. The molecule has 0 aliphatic carbocycles. The fourth-order valence-corrected chi connectivity index (χ4v) is 1.10. The molecule has 0 saturated heterocycles. The molecule has 58 valence electrons. The number of nitrogens with two attached hydrogens (primary N) is 1.